The maximum atomic E-state index is 11.9. The normalized spacial score (nSPS) is 12.3. The zero-order valence-corrected chi connectivity index (χ0v) is 11.4. The van der Waals surface area contributed by atoms with Gasteiger partial charge in [-0.25, -0.2) is 0 Å². The van der Waals surface area contributed by atoms with Crippen LogP contribution in [0.3, 0.4) is 0 Å². The molecule has 2 heterocycles. The van der Waals surface area contributed by atoms with Gasteiger partial charge in [0, 0.05) is 31.7 Å². The molecule has 0 aliphatic carbocycles. The largest absolute Gasteiger partial charge is 0.354 e. The standard InChI is InChI=1S/C12H16ClN5O/c1-10(18-9-11(13)8-16-18)12(19)14-4-2-6-17-7-3-5-15-17/h3,5,7-10H,2,4,6H2,1H3,(H,14,19). The van der Waals surface area contributed by atoms with E-state index >= 15 is 0 Å². The van der Waals surface area contributed by atoms with Gasteiger partial charge >= 0.3 is 0 Å². The highest BCUT2D eigenvalue weighted by Crippen LogP contribution is 2.10. The number of aromatic nitrogens is 4. The van der Waals surface area contributed by atoms with E-state index in [1.165, 1.54) is 6.20 Å². The van der Waals surface area contributed by atoms with E-state index in [4.69, 9.17) is 11.6 Å². The molecule has 1 amide bonds. The van der Waals surface area contributed by atoms with Gasteiger partial charge in [-0.2, -0.15) is 10.2 Å². The summed E-state index contributed by atoms with van der Waals surface area (Å²) >= 11 is 5.77. The Morgan fingerprint density at radius 2 is 2.37 bits per heavy atom. The van der Waals surface area contributed by atoms with Gasteiger partial charge in [-0.1, -0.05) is 11.6 Å². The van der Waals surface area contributed by atoms with Gasteiger partial charge in [0.25, 0.3) is 0 Å². The van der Waals surface area contributed by atoms with Crippen LogP contribution in [-0.2, 0) is 11.3 Å². The molecule has 1 atom stereocenters. The van der Waals surface area contributed by atoms with Crippen LogP contribution in [0.2, 0.25) is 5.02 Å². The number of carbonyl (C=O) groups is 1. The number of hydrogen-bond donors (Lipinski definition) is 1. The summed E-state index contributed by atoms with van der Waals surface area (Å²) in [7, 11) is 0. The second kappa shape index (κ2) is 6.38. The van der Waals surface area contributed by atoms with Crippen molar-refractivity contribution in [2.24, 2.45) is 0 Å². The quantitative estimate of drug-likeness (QED) is 0.816. The lowest BCUT2D eigenvalue weighted by Crippen LogP contribution is -2.32. The van der Waals surface area contributed by atoms with Gasteiger partial charge in [-0.15, -0.1) is 0 Å². The van der Waals surface area contributed by atoms with Crippen molar-refractivity contribution in [2.75, 3.05) is 6.54 Å². The minimum Gasteiger partial charge on any atom is -0.354 e. The molecule has 0 saturated heterocycles. The average molecular weight is 282 g/mol. The van der Waals surface area contributed by atoms with Crippen LogP contribution in [0.1, 0.15) is 19.4 Å². The van der Waals surface area contributed by atoms with E-state index in [1.54, 1.807) is 24.0 Å². The molecule has 0 aromatic carbocycles. The van der Waals surface area contributed by atoms with Crippen LogP contribution < -0.4 is 5.32 Å². The number of carbonyl (C=O) groups excluding carboxylic acids is 1. The summed E-state index contributed by atoms with van der Waals surface area (Å²) in [4.78, 5) is 11.9. The van der Waals surface area contributed by atoms with E-state index in [0.29, 0.717) is 11.6 Å². The van der Waals surface area contributed by atoms with E-state index in [-0.39, 0.29) is 11.9 Å². The molecule has 0 aliphatic rings. The van der Waals surface area contributed by atoms with Gasteiger partial charge < -0.3 is 5.32 Å². The number of nitrogens with one attached hydrogen (secondary N) is 1. The molecular weight excluding hydrogens is 266 g/mol. The second-order valence-corrected chi connectivity index (χ2v) is 4.66. The Morgan fingerprint density at radius 3 is 3.00 bits per heavy atom. The molecule has 2 aromatic heterocycles. The number of amides is 1. The Bertz CT molecular complexity index is 522. The highest BCUT2D eigenvalue weighted by molar-refractivity contribution is 6.30. The fourth-order valence-electron chi connectivity index (χ4n) is 1.68. The fraction of sp³-hybridized carbons (Fsp3) is 0.417. The Kier molecular flexibility index (Phi) is 4.57. The summed E-state index contributed by atoms with van der Waals surface area (Å²) in [6.07, 6.45) is 7.62. The molecule has 0 radical (unpaired) electrons. The van der Waals surface area contributed by atoms with Crippen molar-refractivity contribution in [1.29, 1.82) is 0 Å². The Balaban J connectivity index is 1.72. The average Bonchev–Trinajstić information content (AvgIpc) is 3.04. The maximum Gasteiger partial charge on any atom is 0.244 e. The third-order valence-electron chi connectivity index (χ3n) is 2.77. The lowest BCUT2D eigenvalue weighted by atomic mass is 10.3. The number of rotatable bonds is 6. The highest BCUT2D eigenvalue weighted by atomic mass is 35.5. The summed E-state index contributed by atoms with van der Waals surface area (Å²) in [6.45, 7) is 3.18. The van der Waals surface area contributed by atoms with Gasteiger partial charge in [0.2, 0.25) is 5.91 Å². The zero-order valence-electron chi connectivity index (χ0n) is 10.7. The van der Waals surface area contributed by atoms with Crippen LogP contribution in [0.5, 0.6) is 0 Å². The molecule has 0 aliphatic heterocycles. The van der Waals surface area contributed by atoms with Gasteiger partial charge in [0.15, 0.2) is 0 Å². The molecule has 7 heteroatoms. The monoisotopic (exact) mass is 281 g/mol. The Labute approximate surface area is 116 Å². The minimum absolute atomic E-state index is 0.0692. The number of hydrogen-bond acceptors (Lipinski definition) is 3. The first-order chi connectivity index (χ1) is 9.16. The van der Waals surface area contributed by atoms with Crippen molar-refractivity contribution >= 4 is 17.5 Å². The summed E-state index contributed by atoms with van der Waals surface area (Å²) in [6, 6.07) is 1.51. The predicted molar refractivity (Wildman–Crippen MR) is 71.8 cm³/mol. The molecular formula is C12H16ClN5O. The summed E-state index contributed by atoms with van der Waals surface area (Å²) in [5, 5.41) is 11.5. The van der Waals surface area contributed by atoms with Crippen molar-refractivity contribution in [3.8, 4) is 0 Å². The second-order valence-electron chi connectivity index (χ2n) is 4.23. The molecule has 2 aromatic rings. The van der Waals surface area contributed by atoms with Crippen molar-refractivity contribution < 1.29 is 4.79 Å². The molecule has 0 spiro atoms. The van der Waals surface area contributed by atoms with Gasteiger partial charge in [-0.3, -0.25) is 14.2 Å². The molecule has 2 rings (SSSR count). The van der Waals surface area contributed by atoms with Crippen LogP contribution >= 0.6 is 11.6 Å². The summed E-state index contributed by atoms with van der Waals surface area (Å²) in [5.74, 6) is -0.0692. The van der Waals surface area contributed by atoms with Crippen LogP contribution in [-0.4, -0.2) is 32.0 Å². The van der Waals surface area contributed by atoms with Crippen LogP contribution in [0.15, 0.2) is 30.9 Å². The van der Waals surface area contributed by atoms with Crippen molar-refractivity contribution in [3.05, 3.63) is 35.9 Å². The van der Waals surface area contributed by atoms with Crippen molar-refractivity contribution in [1.82, 2.24) is 24.9 Å². The molecule has 0 saturated carbocycles. The molecule has 1 unspecified atom stereocenters. The minimum atomic E-state index is -0.364. The smallest absolute Gasteiger partial charge is 0.244 e. The van der Waals surface area contributed by atoms with Gasteiger partial charge in [0.05, 0.1) is 11.2 Å². The fourth-order valence-corrected chi connectivity index (χ4v) is 1.82. The lowest BCUT2D eigenvalue weighted by Gasteiger charge is -2.12. The maximum absolute atomic E-state index is 11.9. The number of nitrogens with zero attached hydrogens (tertiary/aromatic N) is 4. The van der Waals surface area contributed by atoms with Crippen LogP contribution in [0, 0.1) is 0 Å². The van der Waals surface area contributed by atoms with E-state index in [2.05, 4.69) is 15.5 Å². The number of halogens is 1. The van der Waals surface area contributed by atoms with Crippen LogP contribution in [0.4, 0.5) is 0 Å². The predicted octanol–water partition coefficient (Wildman–Crippen LogP) is 1.50. The topological polar surface area (TPSA) is 64.7 Å². The van der Waals surface area contributed by atoms with Crippen molar-refractivity contribution in [3.63, 3.8) is 0 Å². The Hall–Kier alpha value is -1.82. The Morgan fingerprint density at radius 1 is 1.53 bits per heavy atom. The molecule has 102 valence electrons. The SMILES string of the molecule is CC(C(=O)NCCCn1cccn1)n1cc(Cl)cn1. The molecule has 0 fully saturated rings. The number of aryl methyl sites for hydroxylation is 1. The molecule has 0 bridgehead atoms. The summed E-state index contributed by atoms with van der Waals surface area (Å²) < 4.78 is 3.38. The van der Waals surface area contributed by atoms with Crippen LogP contribution in [0.25, 0.3) is 0 Å². The van der Waals surface area contributed by atoms with E-state index < -0.39 is 0 Å². The first-order valence-electron chi connectivity index (χ1n) is 6.11. The van der Waals surface area contributed by atoms with Crippen molar-refractivity contribution in [2.45, 2.75) is 25.9 Å². The first kappa shape index (κ1) is 13.6. The summed E-state index contributed by atoms with van der Waals surface area (Å²) in [5.41, 5.74) is 0. The van der Waals surface area contributed by atoms with E-state index in [9.17, 15) is 4.79 Å². The third kappa shape index (κ3) is 3.82. The molecule has 19 heavy (non-hydrogen) atoms. The third-order valence-corrected chi connectivity index (χ3v) is 2.96. The highest BCUT2D eigenvalue weighted by Gasteiger charge is 2.14. The molecule has 6 nitrogen and oxygen atoms in total. The van der Waals surface area contributed by atoms with Gasteiger partial charge in [0.1, 0.15) is 6.04 Å². The first-order valence-corrected chi connectivity index (χ1v) is 6.49. The lowest BCUT2D eigenvalue weighted by molar-refractivity contribution is -0.124. The van der Waals surface area contributed by atoms with E-state index in [0.717, 1.165) is 13.0 Å². The zero-order chi connectivity index (χ0) is 13.7. The molecule has 1 N–H and O–H groups in total. The van der Waals surface area contributed by atoms with Gasteiger partial charge in [-0.05, 0) is 19.4 Å². The van der Waals surface area contributed by atoms with E-state index in [1.807, 2.05) is 16.9 Å².